The minimum atomic E-state index is -1.05. The Morgan fingerprint density at radius 1 is 1.26 bits per heavy atom. The van der Waals surface area contributed by atoms with Crippen molar-refractivity contribution in [3.8, 4) is 0 Å². The third-order valence-corrected chi connectivity index (χ3v) is 4.91. The van der Waals surface area contributed by atoms with E-state index in [1.54, 1.807) is 0 Å². The molecule has 0 radical (unpaired) electrons. The summed E-state index contributed by atoms with van der Waals surface area (Å²) in [5, 5.41) is 5.31. The number of nitrogens with one attached hydrogen (secondary N) is 2. The average Bonchev–Trinajstić information content (AvgIpc) is 2.92. The number of anilines is 1. The highest BCUT2D eigenvalue weighted by atomic mass is 35.5. The van der Waals surface area contributed by atoms with Gasteiger partial charge in [-0.3, -0.25) is 0 Å². The second kappa shape index (κ2) is 6.61. The molecule has 0 unspecified atom stereocenters. The highest BCUT2D eigenvalue weighted by Crippen LogP contribution is 2.40. The Morgan fingerprint density at radius 3 is 2.70 bits per heavy atom. The van der Waals surface area contributed by atoms with Crippen molar-refractivity contribution in [2.24, 2.45) is 0 Å². The van der Waals surface area contributed by atoms with Crippen LogP contribution in [0.15, 0.2) is 12.1 Å². The minimum Gasteiger partial charge on any atom is -0.375 e. The topological polar surface area (TPSA) is 50.4 Å². The van der Waals surface area contributed by atoms with Gasteiger partial charge < -0.3 is 15.4 Å². The van der Waals surface area contributed by atoms with Crippen molar-refractivity contribution in [2.75, 3.05) is 11.9 Å². The van der Waals surface area contributed by atoms with Crippen molar-refractivity contribution in [1.29, 1.82) is 0 Å². The number of ether oxygens (including phenoxy) is 1. The van der Waals surface area contributed by atoms with Crippen LogP contribution in [0.3, 0.4) is 0 Å². The molecule has 2 amide bonds. The molecule has 4 nitrogen and oxygen atoms in total. The summed E-state index contributed by atoms with van der Waals surface area (Å²) in [6.07, 6.45) is 5.89. The van der Waals surface area contributed by atoms with Gasteiger partial charge in [-0.1, -0.05) is 24.4 Å². The number of carbonyl (C=O) groups is 1. The van der Waals surface area contributed by atoms with Crippen molar-refractivity contribution in [1.82, 2.24) is 5.32 Å². The maximum atomic E-state index is 13.2. The normalized spacial score (nSPS) is 23.0. The van der Waals surface area contributed by atoms with E-state index in [1.807, 2.05) is 0 Å². The predicted octanol–water partition coefficient (Wildman–Crippen LogP) is 4.23. The van der Waals surface area contributed by atoms with E-state index < -0.39 is 17.7 Å². The Kier molecular flexibility index (Phi) is 4.73. The molecule has 1 aliphatic heterocycles. The third kappa shape index (κ3) is 3.75. The highest BCUT2D eigenvalue weighted by molar-refractivity contribution is 6.33. The quantitative estimate of drug-likeness (QED) is 0.789. The highest BCUT2D eigenvalue weighted by Gasteiger charge is 2.40. The third-order valence-electron chi connectivity index (χ3n) is 4.60. The van der Waals surface area contributed by atoms with E-state index in [0.717, 1.165) is 50.7 Å². The van der Waals surface area contributed by atoms with Crippen LogP contribution in [0.1, 0.15) is 38.5 Å². The first-order valence-electron chi connectivity index (χ1n) is 7.83. The van der Waals surface area contributed by atoms with Gasteiger partial charge in [0.05, 0.1) is 16.3 Å². The van der Waals surface area contributed by atoms with Gasteiger partial charge in [0.25, 0.3) is 0 Å². The molecule has 1 aromatic carbocycles. The van der Waals surface area contributed by atoms with Crippen LogP contribution in [0.5, 0.6) is 0 Å². The molecular weight excluding hydrogens is 326 g/mol. The van der Waals surface area contributed by atoms with Gasteiger partial charge in [0.15, 0.2) is 11.6 Å². The smallest absolute Gasteiger partial charge is 0.319 e. The molecule has 1 spiro atoms. The fourth-order valence-corrected chi connectivity index (χ4v) is 3.68. The van der Waals surface area contributed by atoms with Gasteiger partial charge in [-0.15, -0.1) is 0 Å². The summed E-state index contributed by atoms with van der Waals surface area (Å²) in [6.45, 7) is 0.622. The lowest BCUT2D eigenvalue weighted by Gasteiger charge is -2.38. The molecule has 7 heteroatoms. The lowest BCUT2D eigenvalue weighted by Crippen LogP contribution is -2.48. The first-order chi connectivity index (χ1) is 11.0. The molecule has 1 aliphatic carbocycles. The summed E-state index contributed by atoms with van der Waals surface area (Å²) >= 11 is 5.82. The molecule has 2 N–H and O–H groups in total. The van der Waals surface area contributed by atoms with Crippen molar-refractivity contribution in [3.05, 3.63) is 28.8 Å². The van der Waals surface area contributed by atoms with E-state index in [2.05, 4.69) is 10.6 Å². The number of benzene rings is 1. The molecule has 1 atom stereocenters. The molecule has 23 heavy (non-hydrogen) atoms. The summed E-state index contributed by atoms with van der Waals surface area (Å²) in [7, 11) is 0. The summed E-state index contributed by atoms with van der Waals surface area (Å²) in [6, 6.07) is 1.25. The maximum Gasteiger partial charge on any atom is 0.319 e. The van der Waals surface area contributed by atoms with Gasteiger partial charge in [0.1, 0.15) is 0 Å². The summed E-state index contributed by atoms with van der Waals surface area (Å²) in [5.74, 6) is -2.10. The Morgan fingerprint density at radius 2 is 1.96 bits per heavy atom. The Labute approximate surface area is 138 Å². The van der Waals surface area contributed by atoms with Crippen LogP contribution in [0.25, 0.3) is 0 Å². The fourth-order valence-electron chi connectivity index (χ4n) is 3.48. The molecular formula is C16H19ClF2N2O2. The molecule has 0 bridgehead atoms. The molecule has 0 aromatic heterocycles. The fraction of sp³-hybridized carbons (Fsp3) is 0.562. The van der Waals surface area contributed by atoms with Crippen LogP contribution >= 0.6 is 11.6 Å². The van der Waals surface area contributed by atoms with Crippen LogP contribution in [-0.4, -0.2) is 24.3 Å². The summed E-state index contributed by atoms with van der Waals surface area (Å²) in [5.41, 5.74) is -0.0544. The monoisotopic (exact) mass is 344 g/mol. The first-order valence-corrected chi connectivity index (χ1v) is 8.21. The summed E-state index contributed by atoms with van der Waals surface area (Å²) < 4.78 is 32.2. The largest absolute Gasteiger partial charge is 0.375 e. The molecule has 3 rings (SSSR count). The van der Waals surface area contributed by atoms with E-state index >= 15 is 0 Å². The predicted molar refractivity (Wildman–Crippen MR) is 83.7 cm³/mol. The Bertz CT molecular complexity index is 606. The SMILES string of the molecule is O=C(Nc1cc(F)c(F)cc1Cl)N[C@H]1CCOC2(CCCC2)C1. The number of amides is 2. The van der Waals surface area contributed by atoms with Crippen LogP contribution in [0.4, 0.5) is 19.3 Å². The van der Waals surface area contributed by atoms with Gasteiger partial charge in [-0.05, 0) is 31.7 Å². The van der Waals surface area contributed by atoms with Crippen molar-refractivity contribution in [2.45, 2.75) is 50.2 Å². The van der Waals surface area contributed by atoms with Gasteiger partial charge in [0, 0.05) is 18.7 Å². The van der Waals surface area contributed by atoms with E-state index in [-0.39, 0.29) is 22.4 Å². The number of rotatable bonds is 2. The van der Waals surface area contributed by atoms with Gasteiger partial charge in [0.2, 0.25) is 0 Å². The molecule has 1 aromatic rings. The number of hydrogen-bond donors (Lipinski definition) is 2. The van der Waals surface area contributed by atoms with Crippen molar-refractivity contribution in [3.63, 3.8) is 0 Å². The minimum absolute atomic E-state index is 0.00548. The van der Waals surface area contributed by atoms with Crippen LogP contribution in [0, 0.1) is 11.6 Å². The van der Waals surface area contributed by atoms with Gasteiger partial charge in [-0.25, -0.2) is 13.6 Å². The molecule has 1 heterocycles. The van der Waals surface area contributed by atoms with E-state index in [4.69, 9.17) is 16.3 Å². The Balaban J connectivity index is 1.60. The Hall–Kier alpha value is -1.40. The lowest BCUT2D eigenvalue weighted by molar-refractivity contribution is -0.0818. The maximum absolute atomic E-state index is 13.2. The molecule has 2 aliphatic rings. The number of halogens is 3. The van der Waals surface area contributed by atoms with Crippen molar-refractivity contribution >= 4 is 23.3 Å². The average molecular weight is 345 g/mol. The standard InChI is InChI=1S/C16H19ClF2N2O2/c17-11-7-12(18)13(19)8-14(11)21-15(22)20-10-3-6-23-16(9-10)4-1-2-5-16/h7-8,10H,1-6,9H2,(H2,20,21,22)/t10-/m0/s1. The second-order valence-electron chi connectivity index (χ2n) is 6.27. The van der Waals surface area contributed by atoms with E-state index in [1.165, 1.54) is 0 Å². The summed E-state index contributed by atoms with van der Waals surface area (Å²) in [4.78, 5) is 12.1. The van der Waals surface area contributed by atoms with Gasteiger partial charge >= 0.3 is 6.03 Å². The van der Waals surface area contributed by atoms with Crippen LogP contribution in [0.2, 0.25) is 5.02 Å². The molecule has 1 saturated heterocycles. The van der Waals surface area contributed by atoms with E-state index in [9.17, 15) is 13.6 Å². The number of urea groups is 1. The second-order valence-corrected chi connectivity index (χ2v) is 6.68. The first kappa shape index (κ1) is 16.5. The lowest BCUT2D eigenvalue weighted by atomic mass is 9.89. The van der Waals surface area contributed by atoms with Crippen LogP contribution < -0.4 is 10.6 Å². The molecule has 126 valence electrons. The van der Waals surface area contributed by atoms with Crippen LogP contribution in [-0.2, 0) is 4.74 Å². The van der Waals surface area contributed by atoms with Crippen molar-refractivity contribution < 1.29 is 18.3 Å². The van der Waals surface area contributed by atoms with Gasteiger partial charge in [-0.2, -0.15) is 0 Å². The zero-order valence-electron chi connectivity index (χ0n) is 12.6. The number of hydrogen-bond acceptors (Lipinski definition) is 2. The number of carbonyl (C=O) groups excluding carboxylic acids is 1. The zero-order chi connectivity index (χ0) is 16.4. The molecule has 2 fully saturated rings. The zero-order valence-corrected chi connectivity index (χ0v) is 13.4. The van der Waals surface area contributed by atoms with E-state index in [0.29, 0.717) is 6.61 Å². The molecule has 1 saturated carbocycles.